The van der Waals surface area contributed by atoms with E-state index in [1.54, 1.807) is 24.3 Å². The number of urea groups is 1. The van der Waals surface area contributed by atoms with Gasteiger partial charge < -0.3 is 5.32 Å². The van der Waals surface area contributed by atoms with Gasteiger partial charge in [-0.2, -0.15) is 0 Å². The molecule has 2 rings (SSSR count). The van der Waals surface area contributed by atoms with Gasteiger partial charge in [0.2, 0.25) is 0 Å². The number of rotatable bonds is 2. The van der Waals surface area contributed by atoms with E-state index in [1.165, 1.54) is 6.42 Å². The van der Waals surface area contributed by atoms with Crippen molar-refractivity contribution in [3.05, 3.63) is 29.3 Å². The highest BCUT2D eigenvalue weighted by molar-refractivity contribution is 6.30. The number of piperidine rings is 1. The topological polar surface area (TPSA) is 44.4 Å². The third kappa shape index (κ3) is 3.85. The molecule has 104 valence electrons. The number of amides is 2. The molecule has 1 heterocycles. The third-order valence-corrected chi connectivity index (χ3v) is 3.78. The Labute approximate surface area is 119 Å². The summed E-state index contributed by atoms with van der Waals surface area (Å²) in [5, 5.41) is 5.50. The van der Waals surface area contributed by atoms with Crippen LogP contribution in [0.4, 0.5) is 10.5 Å². The molecule has 1 fully saturated rings. The summed E-state index contributed by atoms with van der Waals surface area (Å²) in [7, 11) is 0. The van der Waals surface area contributed by atoms with E-state index in [0.29, 0.717) is 17.1 Å². The summed E-state index contributed by atoms with van der Waals surface area (Å²) in [6.07, 6.45) is 3.45. The van der Waals surface area contributed by atoms with E-state index in [9.17, 15) is 4.79 Å². The second-order valence-electron chi connectivity index (χ2n) is 5.11. The number of nitrogens with one attached hydrogen (secondary N) is 2. The number of halogens is 1. The van der Waals surface area contributed by atoms with Gasteiger partial charge in [0.25, 0.3) is 0 Å². The fourth-order valence-corrected chi connectivity index (χ4v) is 2.58. The molecular formula is C14H20ClN3O. The van der Waals surface area contributed by atoms with Crippen LogP contribution in [0, 0.1) is 0 Å². The number of carbonyl (C=O) groups excluding carboxylic acids is 1. The summed E-state index contributed by atoms with van der Waals surface area (Å²) in [4.78, 5) is 12.0. The van der Waals surface area contributed by atoms with E-state index in [-0.39, 0.29) is 6.03 Å². The fraction of sp³-hybridized carbons (Fsp3) is 0.500. The van der Waals surface area contributed by atoms with Crippen LogP contribution < -0.4 is 10.7 Å². The number of benzene rings is 1. The summed E-state index contributed by atoms with van der Waals surface area (Å²) >= 11 is 5.81. The first kappa shape index (κ1) is 14.2. The summed E-state index contributed by atoms with van der Waals surface area (Å²) in [5.74, 6) is 0. The van der Waals surface area contributed by atoms with Gasteiger partial charge in [0.1, 0.15) is 0 Å². The molecule has 0 radical (unpaired) electrons. The molecule has 0 unspecified atom stereocenters. The van der Waals surface area contributed by atoms with E-state index in [0.717, 1.165) is 18.5 Å². The number of hydrazine groups is 1. The quantitative estimate of drug-likeness (QED) is 0.869. The van der Waals surface area contributed by atoms with Gasteiger partial charge in [0.15, 0.2) is 0 Å². The first-order valence-electron chi connectivity index (χ1n) is 6.68. The van der Waals surface area contributed by atoms with Crippen molar-refractivity contribution in [1.82, 2.24) is 10.4 Å². The molecule has 1 aliphatic rings. The van der Waals surface area contributed by atoms with Crippen LogP contribution in [0.1, 0.15) is 33.1 Å². The summed E-state index contributed by atoms with van der Waals surface area (Å²) in [5.41, 5.74) is 3.67. The zero-order chi connectivity index (χ0) is 13.8. The highest BCUT2D eigenvalue weighted by Crippen LogP contribution is 2.20. The predicted molar refractivity (Wildman–Crippen MR) is 78.2 cm³/mol. The molecule has 1 aliphatic heterocycles. The van der Waals surface area contributed by atoms with Crippen LogP contribution in [-0.2, 0) is 0 Å². The molecule has 0 bridgehead atoms. The highest BCUT2D eigenvalue weighted by Gasteiger charge is 2.25. The number of hydrogen-bond donors (Lipinski definition) is 2. The van der Waals surface area contributed by atoms with Crippen molar-refractivity contribution in [2.24, 2.45) is 0 Å². The number of anilines is 1. The second-order valence-corrected chi connectivity index (χ2v) is 5.55. The summed E-state index contributed by atoms with van der Waals surface area (Å²) in [6, 6.07) is 7.62. The van der Waals surface area contributed by atoms with E-state index in [2.05, 4.69) is 24.6 Å². The van der Waals surface area contributed by atoms with E-state index in [4.69, 9.17) is 11.6 Å². The first-order chi connectivity index (χ1) is 9.06. The maximum Gasteiger partial charge on any atom is 0.333 e. The molecular weight excluding hydrogens is 262 g/mol. The van der Waals surface area contributed by atoms with Gasteiger partial charge in [-0.15, -0.1) is 0 Å². The van der Waals surface area contributed by atoms with Crippen molar-refractivity contribution >= 4 is 23.3 Å². The summed E-state index contributed by atoms with van der Waals surface area (Å²) in [6.45, 7) is 4.27. The van der Waals surface area contributed by atoms with Crippen LogP contribution in [0.3, 0.4) is 0 Å². The Hall–Kier alpha value is -1.26. The van der Waals surface area contributed by atoms with Crippen molar-refractivity contribution in [2.75, 3.05) is 5.32 Å². The Morgan fingerprint density at radius 2 is 1.79 bits per heavy atom. The molecule has 19 heavy (non-hydrogen) atoms. The average Bonchev–Trinajstić information content (AvgIpc) is 2.37. The van der Waals surface area contributed by atoms with Crippen molar-refractivity contribution in [3.63, 3.8) is 0 Å². The summed E-state index contributed by atoms with van der Waals surface area (Å²) < 4.78 is 0. The molecule has 1 saturated heterocycles. The Morgan fingerprint density at radius 1 is 1.21 bits per heavy atom. The Bertz CT molecular complexity index is 425. The first-order valence-corrected chi connectivity index (χ1v) is 7.05. The molecule has 2 N–H and O–H groups in total. The van der Waals surface area contributed by atoms with Gasteiger partial charge >= 0.3 is 6.03 Å². The lowest BCUT2D eigenvalue weighted by Gasteiger charge is -2.38. The van der Waals surface area contributed by atoms with E-state index in [1.807, 2.05) is 5.01 Å². The van der Waals surface area contributed by atoms with Crippen molar-refractivity contribution in [1.29, 1.82) is 0 Å². The van der Waals surface area contributed by atoms with Gasteiger partial charge in [0, 0.05) is 22.8 Å². The largest absolute Gasteiger partial charge is 0.333 e. The van der Waals surface area contributed by atoms with Crippen LogP contribution in [0.15, 0.2) is 24.3 Å². The Kier molecular flexibility index (Phi) is 4.66. The number of nitrogens with zero attached hydrogens (tertiary/aromatic N) is 1. The molecule has 0 saturated carbocycles. The van der Waals surface area contributed by atoms with Gasteiger partial charge in [0.05, 0.1) is 0 Å². The van der Waals surface area contributed by atoms with Crippen molar-refractivity contribution in [3.8, 4) is 0 Å². The van der Waals surface area contributed by atoms with Crippen LogP contribution >= 0.6 is 11.6 Å². The minimum Gasteiger partial charge on any atom is -0.307 e. The molecule has 1 aromatic rings. The van der Waals surface area contributed by atoms with Crippen LogP contribution in [0.2, 0.25) is 5.02 Å². The van der Waals surface area contributed by atoms with Crippen LogP contribution in [0.5, 0.6) is 0 Å². The maximum atomic E-state index is 12.0. The zero-order valence-electron chi connectivity index (χ0n) is 11.3. The molecule has 1 aromatic carbocycles. The average molecular weight is 282 g/mol. The molecule has 0 aliphatic carbocycles. The lowest BCUT2D eigenvalue weighted by atomic mass is 10.00. The third-order valence-electron chi connectivity index (χ3n) is 3.53. The molecule has 2 atom stereocenters. The highest BCUT2D eigenvalue weighted by atomic mass is 35.5. The number of hydrogen-bond acceptors (Lipinski definition) is 2. The lowest BCUT2D eigenvalue weighted by Crippen LogP contribution is -2.55. The smallest absolute Gasteiger partial charge is 0.307 e. The van der Waals surface area contributed by atoms with Crippen LogP contribution in [-0.4, -0.2) is 23.1 Å². The predicted octanol–water partition coefficient (Wildman–Crippen LogP) is 3.64. The van der Waals surface area contributed by atoms with E-state index < -0.39 is 0 Å². The maximum absolute atomic E-state index is 12.0. The van der Waals surface area contributed by atoms with Gasteiger partial charge in [-0.05, 0) is 51.0 Å². The molecule has 4 nitrogen and oxygen atoms in total. The molecule has 2 amide bonds. The minimum absolute atomic E-state index is 0.206. The molecule has 0 spiro atoms. The van der Waals surface area contributed by atoms with Crippen molar-refractivity contribution < 1.29 is 4.79 Å². The monoisotopic (exact) mass is 281 g/mol. The fourth-order valence-electron chi connectivity index (χ4n) is 2.45. The van der Waals surface area contributed by atoms with Gasteiger partial charge in [-0.25, -0.2) is 9.80 Å². The molecule has 0 aromatic heterocycles. The Morgan fingerprint density at radius 3 is 2.37 bits per heavy atom. The molecule has 5 heteroatoms. The van der Waals surface area contributed by atoms with Crippen LogP contribution in [0.25, 0.3) is 0 Å². The lowest BCUT2D eigenvalue weighted by molar-refractivity contribution is 0.0625. The van der Waals surface area contributed by atoms with Gasteiger partial charge in [-0.3, -0.25) is 5.43 Å². The van der Waals surface area contributed by atoms with Gasteiger partial charge in [-0.1, -0.05) is 18.0 Å². The second kappa shape index (κ2) is 6.26. The normalized spacial score (nSPS) is 23.9. The van der Waals surface area contributed by atoms with Crippen molar-refractivity contribution in [2.45, 2.75) is 45.2 Å². The Balaban J connectivity index is 1.91. The SMILES string of the molecule is C[C@@H]1CCC[C@H](C)N1NC(=O)Nc1ccc(Cl)cc1. The van der Waals surface area contributed by atoms with E-state index >= 15 is 0 Å². The number of carbonyl (C=O) groups is 1. The standard InChI is InChI=1S/C14H20ClN3O/c1-10-4-3-5-11(2)18(10)17-14(19)16-13-8-6-12(15)7-9-13/h6-11H,3-5H2,1-2H3,(H2,16,17,19)/t10-,11+. The zero-order valence-corrected chi connectivity index (χ0v) is 12.1. The minimum atomic E-state index is -0.206.